The molecule has 1 aromatic carbocycles. The van der Waals surface area contributed by atoms with Gasteiger partial charge in [-0.15, -0.1) is 0 Å². The Morgan fingerprint density at radius 2 is 1.94 bits per heavy atom. The first kappa shape index (κ1) is 23.2. The normalized spacial score (nSPS) is 29.2. The maximum atomic E-state index is 13.0. The summed E-state index contributed by atoms with van der Waals surface area (Å²) in [6, 6.07) is 5.06. The molecular formula is C24H32Cl2N4O3. The van der Waals surface area contributed by atoms with Crippen LogP contribution in [0, 0.1) is 5.41 Å². The number of nitrogens with zero attached hydrogens (tertiary/aromatic N) is 3. The zero-order chi connectivity index (χ0) is 23.2. The Labute approximate surface area is 205 Å². The van der Waals surface area contributed by atoms with Crippen LogP contribution in [-0.4, -0.2) is 82.7 Å². The Bertz CT molecular complexity index is 925. The molecule has 0 aromatic heterocycles. The zero-order valence-electron chi connectivity index (χ0n) is 18.8. The summed E-state index contributed by atoms with van der Waals surface area (Å²) in [5.41, 5.74) is 0.805. The Morgan fingerprint density at radius 3 is 2.67 bits per heavy atom. The lowest BCUT2D eigenvalue weighted by Crippen LogP contribution is -2.48. The fraction of sp³-hybridized carbons (Fsp3) is 0.667. The molecule has 7 nitrogen and oxygen atoms in total. The number of β-amino-alcohol motifs (C(OH)–C–C–N with tert-alkyl or cyclic N) is 1. The number of fused-ring (bicyclic) bond motifs is 1. The maximum Gasteiger partial charge on any atom is 0.321 e. The van der Waals surface area contributed by atoms with Crippen molar-refractivity contribution in [1.29, 1.82) is 0 Å². The first-order valence-electron chi connectivity index (χ1n) is 12.1. The van der Waals surface area contributed by atoms with Gasteiger partial charge in [0.25, 0.3) is 0 Å². The second-order valence-electron chi connectivity index (χ2n) is 10.2. The number of hydrogen-bond acceptors (Lipinski definition) is 4. The third-order valence-corrected chi connectivity index (χ3v) is 8.87. The van der Waals surface area contributed by atoms with Crippen LogP contribution in [0.2, 0.25) is 10.0 Å². The molecule has 3 atom stereocenters. The molecule has 2 N–H and O–H groups in total. The van der Waals surface area contributed by atoms with Crippen molar-refractivity contribution >= 4 is 40.8 Å². The minimum absolute atomic E-state index is 0.0613. The van der Waals surface area contributed by atoms with E-state index in [2.05, 4.69) is 15.1 Å². The highest BCUT2D eigenvalue weighted by atomic mass is 35.5. The lowest BCUT2D eigenvalue weighted by molar-refractivity contribution is -0.133. The van der Waals surface area contributed by atoms with Gasteiger partial charge in [-0.2, -0.15) is 0 Å². The summed E-state index contributed by atoms with van der Waals surface area (Å²) >= 11 is 12.0. The molecule has 33 heavy (non-hydrogen) atoms. The monoisotopic (exact) mass is 494 g/mol. The van der Waals surface area contributed by atoms with E-state index in [0.29, 0.717) is 35.2 Å². The van der Waals surface area contributed by atoms with E-state index in [4.69, 9.17) is 23.2 Å². The van der Waals surface area contributed by atoms with E-state index in [0.717, 1.165) is 45.3 Å². The molecule has 4 aliphatic rings. The highest BCUT2D eigenvalue weighted by molar-refractivity contribution is 6.42. The van der Waals surface area contributed by atoms with E-state index >= 15 is 0 Å². The molecule has 0 unspecified atom stereocenters. The summed E-state index contributed by atoms with van der Waals surface area (Å²) in [4.78, 5) is 32.0. The molecule has 3 heterocycles. The number of amides is 3. The average Bonchev–Trinajstić information content (AvgIpc) is 3.50. The molecule has 3 amide bonds. The Hall–Kier alpha value is -1.54. The van der Waals surface area contributed by atoms with Crippen molar-refractivity contribution in [3.05, 3.63) is 28.2 Å². The highest BCUT2D eigenvalue weighted by Gasteiger charge is 2.51. The van der Waals surface area contributed by atoms with Crippen LogP contribution in [0.4, 0.5) is 10.5 Å². The molecular weight excluding hydrogens is 463 g/mol. The first-order valence-corrected chi connectivity index (χ1v) is 12.8. The maximum absolute atomic E-state index is 13.0. The van der Waals surface area contributed by atoms with Crippen LogP contribution in [0.15, 0.2) is 18.2 Å². The van der Waals surface area contributed by atoms with E-state index in [-0.39, 0.29) is 35.5 Å². The van der Waals surface area contributed by atoms with Crippen molar-refractivity contribution in [3.8, 4) is 0 Å². The zero-order valence-corrected chi connectivity index (χ0v) is 20.3. The van der Waals surface area contributed by atoms with Crippen molar-refractivity contribution < 1.29 is 14.7 Å². The third-order valence-electron chi connectivity index (χ3n) is 8.13. The Kier molecular flexibility index (Phi) is 6.51. The molecule has 180 valence electrons. The SMILES string of the molecule is O=C(Nc1ccc(Cl)c(Cl)c1)N1CCC(=O)N2[C@@H](CCN3CCC4(CC4)[C@H](O)C3)CC[C@H]2C1. The molecule has 1 spiro atoms. The number of urea groups is 1. The van der Waals surface area contributed by atoms with Crippen molar-refractivity contribution in [2.75, 3.05) is 38.0 Å². The van der Waals surface area contributed by atoms with Gasteiger partial charge in [0.2, 0.25) is 5.91 Å². The number of likely N-dealkylation sites (tertiary alicyclic amines) is 1. The minimum atomic E-state index is -0.220. The van der Waals surface area contributed by atoms with Crippen LogP contribution in [0.25, 0.3) is 0 Å². The number of halogens is 2. The predicted octanol–water partition coefficient (Wildman–Crippen LogP) is 3.83. The van der Waals surface area contributed by atoms with E-state index in [9.17, 15) is 14.7 Å². The molecule has 4 fully saturated rings. The smallest absolute Gasteiger partial charge is 0.321 e. The Morgan fingerprint density at radius 1 is 1.12 bits per heavy atom. The molecule has 0 bridgehead atoms. The molecule has 3 aliphatic heterocycles. The second-order valence-corrected chi connectivity index (χ2v) is 11.0. The van der Waals surface area contributed by atoms with Crippen LogP contribution < -0.4 is 5.32 Å². The number of benzene rings is 1. The van der Waals surface area contributed by atoms with E-state index < -0.39 is 0 Å². The lowest BCUT2D eigenvalue weighted by Gasteiger charge is -2.37. The van der Waals surface area contributed by atoms with Gasteiger partial charge in [0.15, 0.2) is 0 Å². The fourth-order valence-electron chi connectivity index (χ4n) is 5.85. The number of anilines is 1. The van der Waals surface area contributed by atoms with Crippen molar-refractivity contribution in [1.82, 2.24) is 14.7 Å². The van der Waals surface area contributed by atoms with Gasteiger partial charge < -0.3 is 25.1 Å². The number of hydrogen-bond donors (Lipinski definition) is 2. The van der Waals surface area contributed by atoms with Gasteiger partial charge in [-0.05, 0) is 68.7 Å². The molecule has 0 radical (unpaired) electrons. The lowest BCUT2D eigenvalue weighted by atomic mass is 9.90. The van der Waals surface area contributed by atoms with E-state index in [1.54, 1.807) is 23.1 Å². The average molecular weight is 495 g/mol. The summed E-state index contributed by atoms with van der Waals surface area (Å²) in [5.74, 6) is 0.142. The van der Waals surface area contributed by atoms with Crippen molar-refractivity contribution in [2.24, 2.45) is 5.41 Å². The first-order chi connectivity index (χ1) is 15.8. The predicted molar refractivity (Wildman–Crippen MR) is 129 cm³/mol. The van der Waals surface area contributed by atoms with Crippen LogP contribution in [0.5, 0.6) is 0 Å². The van der Waals surface area contributed by atoms with Crippen LogP contribution in [-0.2, 0) is 4.79 Å². The summed E-state index contributed by atoms with van der Waals surface area (Å²) in [6.45, 7) is 3.67. The number of carbonyl (C=O) groups is 2. The molecule has 3 saturated heterocycles. The molecule has 1 saturated carbocycles. The molecule has 5 rings (SSSR count). The number of aliphatic hydroxyl groups excluding tert-OH is 1. The van der Waals surface area contributed by atoms with Crippen LogP contribution in [0.3, 0.4) is 0 Å². The van der Waals surface area contributed by atoms with Gasteiger partial charge in [-0.1, -0.05) is 23.2 Å². The largest absolute Gasteiger partial charge is 0.391 e. The number of carbonyl (C=O) groups excluding carboxylic acids is 2. The van der Waals surface area contributed by atoms with E-state index in [1.165, 1.54) is 12.8 Å². The summed E-state index contributed by atoms with van der Waals surface area (Å²) < 4.78 is 0. The van der Waals surface area contributed by atoms with Gasteiger partial charge in [-0.3, -0.25) is 4.79 Å². The molecule has 9 heteroatoms. The number of piperidine rings is 1. The topological polar surface area (TPSA) is 76.1 Å². The van der Waals surface area contributed by atoms with Crippen LogP contribution in [0.1, 0.15) is 44.9 Å². The van der Waals surface area contributed by atoms with Crippen molar-refractivity contribution in [3.63, 3.8) is 0 Å². The Balaban J connectivity index is 1.16. The van der Waals surface area contributed by atoms with E-state index in [1.807, 2.05) is 0 Å². The highest BCUT2D eigenvalue weighted by Crippen LogP contribution is 2.53. The second kappa shape index (κ2) is 9.25. The molecule has 1 aliphatic carbocycles. The van der Waals surface area contributed by atoms with Gasteiger partial charge in [0.05, 0.1) is 16.1 Å². The van der Waals surface area contributed by atoms with Crippen molar-refractivity contribution in [2.45, 2.75) is 63.1 Å². The van der Waals surface area contributed by atoms with Gasteiger partial charge >= 0.3 is 6.03 Å². The molecule has 1 aromatic rings. The van der Waals surface area contributed by atoms with Gasteiger partial charge in [-0.25, -0.2) is 4.79 Å². The minimum Gasteiger partial charge on any atom is -0.391 e. The van der Waals surface area contributed by atoms with Crippen LogP contribution >= 0.6 is 23.2 Å². The standard InChI is InChI=1S/C24H32Cl2N4O3/c25-19-4-1-16(13-20(19)26)27-23(33)29-11-6-22(32)30-17(2-3-18(30)14-29)5-10-28-12-9-24(7-8-24)21(31)15-28/h1,4,13,17-18,21,31H,2-3,5-12,14-15H2,(H,27,33)/t17-,18+,21-/m1/s1. The number of rotatable bonds is 4. The number of nitrogens with one attached hydrogen (secondary N) is 1. The van der Waals surface area contributed by atoms with Gasteiger partial charge in [0.1, 0.15) is 0 Å². The summed E-state index contributed by atoms with van der Waals surface area (Å²) in [5, 5.41) is 14.2. The third kappa shape index (κ3) is 4.83. The quantitative estimate of drug-likeness (QED) is 0.666. The summed E-state index contributed by atoms with van der Waals surface area (Å²) in [7, 11) is 0. The van der Waals surface area contributed by atoms with Gasteiger partial charge in [0, 0.05) is 50.4 Å². The summed E-state index contributed by atoms with van der Waals surface area (Å²) in [6.07, 6.45) is 6.38. The fourth-order valence-corrected chi connectivity index (χ4v) is 6.15. The number of aliphatic hydroxyl groups is 1.